The van der Waals surface area contributed by atoms with E-state index in [2.05, 4.69) is 10.3 Å². The second kappa shape index (κ2) is 6.52. The highest BCUT2D eigenvalue weighted by atomic mass is 16.5. The Balaban J connectivity index is 2.03. The van der Waals surface area contributed by atoms with Gasteiger partial charge >= 0.3 is 0 Å². The summed E-state index contributed by atoms with van der Waals surface area (Å²) in [7, 11) is 1.66. The maximum atomic E-state index is 12.4. The molecule has 1 fully saturated rings. The maximum absolute atomic E-state index is 12.4. The summed E-state index contributed by atoms with van der Waals surface area (Å²) in [5.41, 5.74) is 0.643. The van der Waals surface area contributed by atoms with Crippen LogP contribution in [0.2, 0.25) is 0 Å². The van der Waals surface area contributed by atoms with Crippen LogP contribution < -0.4 is 5.32 Å². The van der Waals surface area contributed by atoms with Gasteiger partial charge in [0.15, 0.2) is 0 Å². The number of nitrogens with zero attached hydrogens (tertiary/aromatic N) is 2. The number of aromatic nitrogens is 1. The molecule has 0 saturated heterocycles. The van der Waals surface area contributed by atoms with Crippen molar-refractivity contribution in [1.82, 2.24) is 9.88 Å². The minimum Gasteiger partial charge on any atom is -0.383 e. The lowest BCUT2D eigenvalue weighted by atomic mass is 10.2. The summed E-state index contributed by atoms with van der Waals surface area (Å²) in [5, 5.41) is 3.12. The number of carbonyl (C=O) groups is 1. The lowest BCUT2D eigenvalue weighted by Gasteiger charge is -2.22. The van der Waals surface area contributed by atoms with E-state index in [0.29, 0.717) is 24.8 Å². The van der Waals surface area contributed by atoms with Crippen LogP contribution in [0, 0.1) is 0 Å². The van der Waals surface area contributed by atoms with Crippen molar-refractivity contribution in [1.29, 1.82) is 0 Å². The van der Waals surface area contributed by atoms with Gasteiger partial charge in [-0.15, -0.1) is 0 Å². The molecule has 0 unspecified atom stereocenters. The van der Waals surface area contributed by atoms with Crippen LogP contribution in [0.1, 0.15) is 30.1 Å². The number of amides is 1. The predicted molar refractivity (Wildman–Crippen MR) is 74.3 cm³/mol. The van der Waals surface area contributed by atoms with Gasteiger partial charge in [-0.25, -0.2) is 4.98 Å². The highest BCUT2D eigenvalue weighted by Gasteiger charge is 2.32. The van der Waals surface area contributed by atoms with Crippen molar-refractivity contribution in [2.45, 2.75) is 25.8 Å². The highest BCUT2D eigenvalue weighted by Crippen LogP contribution is 2.28. The summed E-state index contributed by atoms with van der Waals surface area (Å²) in [5.74, 6) is 0.851. The van der Waals surface area contributed by atoms with Crippen LogP contribution in [0.15, 0.2) is 18.3 Å². The SMILES string of the molecule is CCNc1ccc(C(=O)N(CCOC)C2CC2)cn1. The van der Waals surface area contributed by atoms with Gasteiger partial charge in [0.1, 0.15) is 5.82 Å². The first-order valence-corrected chi connectivity index (χ1v) is 6.76. The van der Waals surface area contributed by atoms with Crippen molar-refractivity contribution < 1.29 is 9.53 Å². The molecule has 1 aliphatic rings. The molecule has 1 aromatic heterocycles. The lowest BCUT2D eigenvalue weighted by Crippen LogP contribution is -2.35. The molecule has 0 spiro atoms. The van der Waals surface area contributed by atoms with Gasteiger partial charge < -0.3 is 15.0 Å². The van der Waals surface area contributed by atoms with Crippen molar-refractivity contribution in [3.8, 4) is 0 Å². The minimum absolute atomic E-state index is 0.0510. The Kier molecular flexibility index (Phi) is 4.74. The third-order valence-electron chi connectivity index (χ3n) is 3.15. The summed E-state index contributed by atoms with van der Waals surface area (Å²) in [6.07, 6.45) is 3.83. The second-order valence-corrected chi connectivity index (χ2v) is 4.68. The number of anilines is 1. The van der Waals surface area contributed by atoms with Crippen LogP contribution in [0.3, 0.4) is 0 Å². The smallest absolute Gasteiger partial charge is 0.255 e. The molecule has 1 heterocycles. The Hall–Kier alpha value is -1.62. The molecule has 104 valence electrons. The standard InChI is InChI=1S/C14H21N3O2/c1-3-15-13-7-4-11(10-16-13)14(18)17(8-9-19-2)12-5-6-12/h4,7,10,12H,3,5-6,8-9H2,1-2H3,(H,15,16). The maximum Gasteiger partial charge on any atom is 0.255 e. The summed E-state index contributed by atoms with van der Waals surface area (Å²) in [6.45, 7) is 4.06. The molecule has 5 heteroatoms. The van der Waals surface area contributed by atoms with E-state index in [0.717, 1.165) is 25.2 Å². The van der Waals surface area contributed by atoms with E-state index in [9.17, 15) is 4.79 Å². The van der Waals surface area contributed by atoms with E-state index in [1.54, 1.807) is 13.3 Å². The number of methoxy groups -OCH3 is 1. The molecule has 1 amide bonds. The molecule has 0 bridgehead atoms. The third-order valence-corrected chi connectivity index (χ3v) is 3.15. The van der Waals surface area contributed by atoms with E-state index < -0.39 is 0 Å². The Labute approximate surface area is 114 Å². The zero-order valence-corrected chi connectivity index (χ0v) is 11.6. The highest BCUT2D eigenvalue weighted by molar-refractivity contribution is 5.94. The van der Waals surface area contributed by atoms with Crippen molar-refractivity contribution in [2.75, 3.05) is 32.1 Å². The molecule has 0 aromatic carbocycles. The predicted octanol–water partition coefficient (Wildman–Crippen LogP) is 1.76. The Bertz CT molecular complexity index is 415. The van der Waals surface area contributed by atoms with Crippen molar-refractivity contribution in [3.05, 3.63) is 23.9 Å². The van der Waals surface area contributed by atoms with Crippen molar-refractivity contribution in [3.63, 3.8) is 0 Å². The third kappa shape index (κ3) is 3.67. The number of carbonyl (C=O) groups excluding carboxylic acids is 1. The number of rotatable bonds is 7. The molecule has 1 saturated carbocycles. The molecular formula is C14H21N3O2. The van der Waals surface area contributed by atoms with Gasteiger partial charge in [0, 0.05) is 32.4 Å². The Morgan fingerprint density at radius 3 is 2.84 bits per heavy atom. The first-order valence-electron chi connectivity index (χ1n) is 6.76. The fraction of sp³-hybridized carbons (Fsp3) is 0.571. The topological polar surface area (TPSA) is 54.5 Å². The molecule has 0 radical (unpaired) electrons. The van der Waals surface area contributed by atoms with Crippen LogP contribution >= 0.6 is 0 Å². The van der Waals surface area contributed by atoms with Crippen LogP contribution in [0.5, 0.6) is 0 Å². The number of pyridine rings is 1. The molecule has 2 rings (SSSR count). The second-order valence-electron chi connectivity index (χ2n) is 4.68. The van der Waals surface area contributed by atoms with Crippen molar-refractivity contribution >= 4 is 11.7 Å². The number of hydrogen-bond donors (Lipinski definition) is 1. The van der Waals surface area contributed by atoms with Gasteiger partial charge in [0.25, 0.3) is 5.91 Å². The molecule has 5 nitrogen and oxygen atoms in total. The monoisotopic (exact) mass is 263 g/mol. The first kappa shape index (κ1) is 13.8. The van der Waals surface area contributed by atoms with Gasteiger partial charge in [-0.05, 0) is 31.9 Å². The van der Waals surface area contributed by atoms with Gasteiger partial charge in [-0.2, -0.15) is 0 Å². The van der Waals surface area contributed by atoms with Gasteiger partial charge in [0.05, 0.1) is 12.2 Å². The van der Waals surface area contributed by atoms with Gasteiger partial charge in [-0.3, -0.25) is 4.79 Å². The normalized spacial score (nSPS) is 14.2. The van der Waals surface area contributed by atoms with E-state index in [4.69, 9.17) is 4.74 Å². The average Bonchev–Trinajstić information content (AvgIpc) is 3.25. The molecule has 0 atom stereocenters. The van der Waals surface area contributed by atoms with Crippen LogP contribution in [-0.2, 0) is 4.74 Å². The summed E-state index contributed by atoms with van der Waals surface area (Å²) in [4.78, 5) is 18.5. The fourth-order valence-corrected chi connectivity index (χ4v) is 2.00. The van der Waals surface area contributed by atoms with E-state index in [1.165, 1.54) is 0 Å². The van der Waals surface area contributed by atoms with Crippen LogP contribution in [0.4, 0.5) is 5.82 Å². The first-order chi connectivity index (χ1) is 9.26. The molecule has 1 aromatic rings. The summed E-state index contributed by atoms with van der Waals surface area (Å²) >= 11 is 0. The molecule has 1 aliphatic carbocycles. The average molecular weight is 263 g/mol. The molecule has 19 heavy (non-hydrogen) atoms. The molecular weight excluding hydrogens is 242 g/mol. The number of nitrogens with one attached hydrogen (secondary N) is 1. The number of ether oxygens (including phenoxy) is 1. The minimum atomic E-state index is 0.0510. The summed E-state index contributed by atoms with van der Waals surface area (Å²) in [6, 6.07) is 4.06. The van der Waals surface area contributed by atoms with E-state index in [-0.39, 0.29) is 5.91 Å². The zero-order chi connectivity index (χ0) is 13.7. The van der Waals surface area contributed by atoms with E-state index >= 15 is 0 Å². The zero-order valence-electron chi connectivity index (χ0n) is 11.6. The van der Waals surface area contributed by atoms with Crippen LogP contribution in [0.25, 0.3) is 0 Å². The molecule has 1 N–H and O–H groups in total. The van der Waals surface area contributed by atoms with Crippen LogP contribution in [-0.4, -0.2) is 48.6 Å². The van der Waals surface area contributed by atoms with Gasteiger partial charge in [-0.1, -0.05) is 0 Å². The number of hydrogen-bond acceptors (Lipinski definition) is 4. The fourth-order valence-electron chi connectivity index (χ4n) is 2.00. The Morgan fingerprint density at radius 1 is 1.53 bits per heavy atom. The summed E-state index contributed by atoms with van der Waals surface area (Å²) < 4.78 is 5.07. The lowest BCUT2D eigenvalue weighted by molar-refractivity contribution is 0.0680. The van der Waals surface area contributed by atoms with Gasteiger partial charge in [0.2, 0.25) is 0 Å². The largest absolute Gasteiger partial charge is 0.383 e. The quantitative estimate of drug-likeness (QED) is 0.814. The molecule has 0 aliphatic heterocycles. The Morgan fingerprint density at radius 2 is 2.32 bits per heavy atom. The van der Waals surface area contributed by atoms with E-state index in [1.807, 2.05) is 24.0 Å². The van der Waals surface area contributed by atoms with Crippen molar-refractivity contribution in [2.24, 2.45) is 0 Å².